The van der Waals surface area contributed by atoms with Crippen molar-refractivity contribution in [3.8, 4) is 0 Å². The van der Waals surface area contributed by atoms with Crippen LogP contribution in [0.3, 0.4) is 0 Å². The molecule has 0 saturated heterocycles. The summed E-state index contributed by atoms with van der Waals surface area (Å²) in [6, 6.07) is 18.4. The van der Waals surface area contributed by atoms with Crippen molar-refractivity contribution in [2.75, 3.05) is 0 Å². The number of hydrogen-bond acceptors (Lipinski definition) is 2. The van der Waals surface area contributed by atoms with Gasteiger partial charge in [0.05, 0.1) is 10.5 Å². The zero-order valence-electron chi connectivity index (χ0n) is 11.1. The molecule has 0 bridgehead atoms. The summed E-state index contributed by atoms with van der Waals surface area (Å²) in [4.78, 5) is 0. The van der Waals surface area contributed by atoms with Gasteiger partial charge >= 0.3 is 0 Å². The van der Waals surface area contributed by atoms with E-state index in [1.54, 1.807) is 0 Å². The second-order valence-electron chi connectivity index (χ2n) is 4.94. The number of rotatable bonds is 4. The molecule has 0 radical (unpaired) electrons. The largest absolute Gasteiger partial charge is 0.458 e. The lowest BCUT2D eigenvalue weighted by molar-refractivity contribution is 0.477. The first-order chi connectivity index (χ1) is 9.74. The van der Waals surface area contributed by atoms with Gasteiger partial charge in [0.15, 0.2) is 0 Å². The molecule has 2 aromatic carbocycles. The first-order valence-electron chi connectivity index (χ1n) is 6.71. The quantitative estimate of drug-likeness (QED) is 0.744. The Morgan fingerprint density at radius 2 is 1.85 bits per heavy atom. The van der Waals surface area contributed by atoms with E-state index in [-0.39, 0.29) is 6.04 Å². The van der Waals surface area contributed by atoms with Gasteiger partial charge in [0, 0.05) is 5.39 Å². The van der Waals surface area contributed by atoms with Crippen molar-refractivity contribution in [3.05, 3.63) is 70.4 Å². The van der Waals surface area contributed by atoms with Crippen LogP contribution in [0.4, 0.5) is 0 Å². The third-order valence-corrected chi connectivity index (χ3v) is 4.09. The van der Waals surface area contributed by atoms with E-state index in [9.17, 15) is 0 Å². The van der Waals surface area contributed by atoms with Gasteiger partial charge in [0.25, 0.3) is 0 Å². The molecule has 0 aliphatic heterocycles. The van der Waals surface area contributed by atoms with Gasteiger partial charge < -0.3 is 10.2 Å². The second kappa shape index (κ2) is 5.81. The van der Waals surface area contributed by atoms with Crippen LogP contribution in [0, 0.1) is 0 Å². The Kier molecular flexibility index (Phi) is 3.90. The first kappa shape index (κ1) is 13.4. The lowest BCUT2D eigenvalue weighted by Crippen LogP contribution is -2.10. The van der Waals surface area contributed by atoms with Gasteiger partial charge in [0.2, 0.25) is 0 Å². The zero-order valence-corrected chi connectivity index (χ0v) is 12.6. The number of furan rings is 1. The van der Waals surface area contributed by atoms with E-state index >= 15 is 0 Å². The summed E-state index contributed by atoms with van der Waals surface area (Å²) >= 11 is 3.50. The highest BCUT2D eigenvalue weighted by Crippen LogP contribution is 2.30. The SMILES string of the molecule is NC(CCc1ccccc1)c1cc2cccc(Br)c2o1. The molecule has 0 aliphatic carbocycles. The van der Waals surface area contributed by atoms with E-state index in [1.807, 2.05) is 30.3 Å². The molecular weight excluding hydrogens is 314 g/mol. The second-order valence-corrected chi connectivity index (χ2v) is 5.79. The van der Waals surface area contributed by atoms with Crippen molar-refractivity contribution in [2.45, 2.75) is 18.9 Å². The molecule has 2 nitrogen and oxygen atoms in total. The molecule has 1 unspecified atom stereocenters. The minimum Gasteiger partial charge on any atom is -0.458 e. The van der Waals surface area contributed by atoms with Crippen LogP contribution in [0.15, 0.2) is 63.5 Å². The van der Waals surface area contributed by atoms with Gasteiger partial charge in [-0.2, -0.15) is 0 Å². The summed E-state index contributed by atoms with van der Waals surface area (Å²) in [5.41, 5.74) is 8.43. The maximum atomic E-state index is 6.25. The van der Waals surface area contributed by atoms with Gasteiger partial charge in [0.1, 0.15) is 11.3 Å². The van der Waals surface area contributed by atoms with Gasteiger partial charge in [-0.15, -0.1) is 0 Å². The molecule has 3 aromatic rings. The molecular formula is C17H16BrNO. The molecule has 2 N–H and O–H groups in total. The van der Waals surface area contributed by atoms with Crippen molar-refractivity contribution < 1.29 is 4.42 Å². The summed E-state index contributed by atoms with van der Waals surface area (Å²) in [6.07, 6.45) is 1.83. The van der Waals surface area contributed by atoms with E-state index in [0.717, 1.165) is 34.0 Å². The van der Waals surface area contributed by atoms with Gasteiger partial charge in [-0.05, 0) is 46.5 Å². The number of para-hydroxylation sites is 1. The summed E-state index contributed by atoms with van der Waals surface area (Å²) in [5, 5.41) is 1.09. The fraction of sp³-hybridized carbons (Fsp3) is 0.176. The van der Waals surface area contributed by atoms with Gasteiger partial charge in [-0.3, -0.25) is 0 Å². The van der Waals surface area contributed by atoms with Crippen LogP contribution < -0.4 is 5.73 Å². The molecule has 3 heteroatoms. The van der Waals surface area contributed by atoms with Crippen molar-refractivity contribution in [1.82, 2.24) is 0 Å². The molecule has 0 saturated carbocycles. The van der Waals surface area contributed by atoms with Gasteiger partial charge in [-0.25, -0.2) is 0 Å². The Morgan fingerprint density at radius 1 is 1.05 bits per heavy atom. The smallest absolute Gasteiger partial charge is 0.148 e. The van der Waals surface area contributed by atoms with Crippen molar-refractivity contribution in [2.24, 2.45) is 5.73 Å². The lowest BCUT2D eigenvalue weighted by Gasteiger charge is -2.08. The number of benzene rings is 2. The van der Waals surface area contributed by atoms with Crippen LogP contribution in [0.2, 0.25) is 0 Å². The maximum Gasteiger partial charge on any atom is 0.148 e. The Balaban J connectivity index is 1.75. The first-order valence-corrected chi connectivity index (χ1v) is 7.51. The minimum absolute atomic E-state index is 0.0745. The third-order valence-electron chi connectivity index (χ3n) is 3.47. The van der Waals surface area contributed by atoms with Crippen molar-refractivity contribution in [3.63, 3.8) is 0 Å². The molecule has 0 aliphatic rings. The molecule has 1 atom stereocenters. The maximum absolute atomic E-state index is 6.25. The van der Waals surface area contributed by atoms with Crippen molar-refractivity contribution in [1.29, 1.82) is 0 Å². The van der Waals surface area contributed by atoms with E-state index in [1.165, 1.54) is 5.56 Å². The van der Waals surface area contributed by atoms with E-state index in [2.05, 4.69) is 40.2 Å². The minimum atomic E-state index is -0.0745. The van der Waals surface area contributed by atoms with Crippen LogP contribution in [-0.4, -0.2) is 0 Å². The normalized spacial score (nSPS) is 12.7. The summed E-state index contributed by atoms with van der Waals surface area (Å²) in [6.45, 7) is 0. The van der Waals surface area contributed by atoms with E-state index in [0.29, 0.717) is 0 Å². The highest BCUT2D eigenvalue weighted by molar-refractivity contribution is 9.10. The molecule has 3 rings (SSSR count). The summed E-state index contributed by atoms with van der Waals surface area (Å²) in [7, 11) is 0. The summed E-state index contributed by atoms with van der Waals surface area (Å²) in [5.74, 6) is 0.850. The third kappa shape index (κ3) is 2.79. The number of halogens is 1. The molecule has 20 heavy (non-hydrogen) atoms. The van der Waals surface area contributed by atoms with Crippen molar-refractivity contribution >= 4 is 26.9 Å². The molecule has 0 spiro atoms. The molecule has 0 amide bonds. The predicted octanol–water partition coefficient (Wildman–Crippen LogP) is 4.83. The molecule has 0 fully saturated rings. The fourth-order valence-corrected chi connectivity index (χ4v) is 2.80. The van der Waals surface area contributed by atoms with Crippen LogP contribution in [0.5, 0.6) is 0 Å². The number of hydrogen-bond donors (Lipinski definition) is 1. The topological polar surface area (TPSA) is 39.2 Å². The van der Waals surface area contributed by atoms with Crippen LogP contribution in [0.1, 0.15) is 23.8 Å². The predicted molar refractivity (Wildman–Crippen MR) is 85.6 cm³/mol. The number of nitrogens with two attached hydrogens (primary N) is 1. The van der Waals surface area contributed by atoms with E-state index < -0.39 is 0 Å². The standard InChI is InChI=1S/C17H16BrNO/c18-14-8-4-7-13-11-16(20-17(13)14)15(19)10-9-12-5-2-1-3-6-12/h1-8,11,15H,9-10,19H2. The average Bonchev–Trinajstić information content (AvgIpc) is 2.91. The monoisotopic (exact) mass is 329 g/mol. The highest BCUT2D eigenvalue weighted by Gasteiger charge is 2.13. The number of aryl methyl sites for hydroxylation is 1. The van der Waals surface area contributed by atoms with Crippen LogP contribution in [0.25, 0.3) is 11.0 Å². The Labute approximate surface area is 126 Å². The average molecular weight is 330 g/mol. The molecule has 102 valence electrons. The highest BCUT2D eigenvalue weighted by atomic mass is 79.9. The van der Waals surface area contributed by atoms with Crippen LogP contribution in [-0.2, 0) is 6.42 Å². The molecule has 1 aromatic heterocycles. The fourth-order valence-electron chi connectivity index (χ4n) is 2.34. The Bertz CT molecular complexity index is 705. The molecule has 1 heterocycles. The lowest BCUT2D eigenvalue weighted by atomic mass is 10.0. The van der Waals surface area contributed by atoms with Crippen LogP contribution >= 0.6 is 15.9 Å². The van der Waals surface area contributed by atoms with Gasteiger partial charge in [-0.1, -0.05) is 42.5 Å². The Hall–Kier alpha value is -1.58. The number of fused-ring (bicyclic) bond motifs is 1. The zero-order chi connectivity index (χ0) is 13.9. The Morgan fingerprint density at radius 3 is 2.60 bits per heavy atom. The summed E-state index contributed by atoms with van der Waals surface area (Å²) < 4.78 is 6.85. The van der Waals surface area contributed by atoms with E-state index in [4.69, 9.17) is 10.2 Å².